The first kappa shape index (κ1) is 46.5. The molecule has 4 aliphatic rings. The van der Waals surface area contributed by atoms with Crippen LogP contribution in [0.4, 0.5) is 0 Å². The van der Waals surface area contributed by atoms with Gasteiger partial charge in [0.05, 0.1) is 19.3 Å². The lowest BCUT2D eigenvalue weighted by molar-refractivity contribution is -0.159. The fourth-order valence-electron chi connectivity index (χ4n) is 12.1. The molecule has 8 atom stereocenters. The van der Waals surface area contributed by atoms with Crippen molar-refractivity contribution in [2.75, 3.05) is 26.3 Å². The van der Waals surface area contributed by atoms with Crippen molar-refractivity contribution in [3.05, 3.63) is 23.8 Å². The average molecular weight is 807 g/mol. The minimum Gasteiger partial charge on any atom is -0.493 e. The van der Waals surface area contributed by atoms with Gasteiger partial charge in [-0.2, -0.15) is 0 Å². The summed E-state index contributed by atoms with van der Waals surface area (Å²) in [6.45, 7) is 12.1. The Morgan fingerprint density at radius 2 is 1.36 bits per heavy atom. The smallest absolute Gasteiger partial charge is 0.219 e. The normalized spacial score (nSPS) is 28.9. The maximum Gasteiger partial charge on any atom is 0.219 e. The number of benzene rings is 1. The van der Waals surface area contributed by atoms with Crippen LogP contribution >= 0.6 is 0 Å². The minimum absolute atomic E-state index is 0.00511. The molecule has 0 bridgehead atoms. The lowest BCUT2D eigenvalue weighted by Gasteiger charge is -2.62. The number of carbonyl (C=O) groups excluding carboxylic acids is 3. The molecule has 3 N–H and O–H groups in total. The molecular weight excluding hydrogens is 725 g/mol. The van der Waals surface area contributed by atoms with Crippen molar-refractivity contribution >= 4 is 17.6 Å². The summed E-state index contributed by atoms with van der Waals surface area (Å²) in [5.74, 6) is 5.44. The molecule has 4 saturated carbocycles. The Morgan fingerprint density at radius 3 is 1.97 bits per heavy atom. The molecule has 8 nitrogen and oxygen atoms in total. The van der Waals surface area contributed by atoms with E-state index in [-0.39, 0.29) is 28.7 Å². The number of ether oxygens (including phenoxy) is 2. The standard InChI is InChI=1S/C50H82N2O6/c1-5-7-13-28-51-46(55)20-11-9-15-30-57-41-32-37(33-42(35-41)58-31-16-10-12-21-47(56)52-29-14-8-6-2)18-17-19-38-36-50(4)44(24-25-45(50)54)43-23-22-39-34-40(53)26-27-49(39,3)48(38)43/h32-33,35,38-39,43-45,48,54H,5-31,34,36H2,1-4H3,(H,51,55)(H,52,56)/t38?,39?,43-,44-,45?,48+,49-,50-/m0/s1. The van der Waals surface area contributed by atoms with Gasteiger partial charge in [0.2, 0.25) is 11.8 Å². The van der Waals surface area contributed by atoms with Crippen molar-refractivity contribution < 1.29 is 29.0 Å². The second kappa shape index (κ2) is 23.4. The highest BCUT2D eigenvalue weighted by atomic mass is 16.5. The number of hydrogen-bond donors (Lipinski definition) is 3. The van der Waals surface area contributed by atoms with E-state index in [0.29, 0.717) is 61.4 Å². The maximum atomic E-state index is 12.7. The van der Waals surface area contributed by atoms with E-state index in [9.17, 15) is 19.5 Å². The number of rotatable bonds is 26. The summed E-state index contributed by atoms with van der Waals surface area (Å²) in [5, 5.41) is 17.5. The molecule has 5 rings (SSSR count). The Kier molecular flexibility index (Phi) is 18.7. The Hall–Kier alpha value is -2.61. The maximum absolute atomic E-state index is 12.7. The molecule has 1 aromatic carbocycles. The number of aliphatic hydroxyl groups is 1. The highest BCUT2D eigenvalue weighted by Gasteiger charge is 2.62. The largest absolute Gasteiger partial charge is 0.493 e. The van der Waals surface area contributed by atoms with Crippen LogP contribution in [0.2, 0.25) is 0 Å². The molecular formula is C50H82N2O6. The number of aliphatic hydroxyl groups excluding tert-OH is 1. The highest BCUT2D eigenvalue weighted by molar-refractivity contribution is 5.79. The topological polar surface area (TPSA) is 114 Å². The molecule has 328 valence electrons. The zero-order valence-electron chi connectivity index (χ0n) is 37.2. The molecule has 0 aromatic heterocycles. The van der Waals surface area contributed by atoms with Gasteiger partial charge in [-0.25, -0.2) is 0 Å². The van der Waals surface area contributed by atoms with Crippen LogP contribution in [0.25, 0.3) is 0 Å². The summed E-state index contributed by atoms with van der Waals surface area (Å²) < 4.78 is 12.7. The van der Waals surface area contributed by atoms with E-state index < -0.39 is 0 Å². The van der Waals surface area contributed by atoms with Gasteiger partial charge in [0, 0.05) is 44.8 Å². The first-order chi connectivity index (χ1) is 28.1. The molecule has 58 heavy (non-hydrogen) atoms. The first-order valence-corrected chi connectivity index (χ1v) is 24.2. The summed E-state index contributed by atoms with van der Waals surface area (Å²) in [4.78, 5) is 37.0. The molecule has 0 saturated heterocycles. The Bertz CT molecular complexity index is 1380. The second-order valence-corrected chi connectivity index (χ2v) is 19.5. The average Bonchev–Trinajstić information content (AvgIpc) is 3.50. The summed E-state index contributed by atoms with van der Waals surface area (Å²) in [5.41, 5.74) is 1.47. The number of hydrogen-bond acceptors (Lipinski definition) is 6. The minimum atomic E-state index is -0.201. The van der Waals surface area contributed by atoms with E-state index in [0.717, 1.165) is 159 Å². The first-order valence-electron chi connectivity index (χ1n) is 24.2. The van der Waals surface area contributed by atoms with Gasteiger partial charge >= 0.3 is 0 Å². The van der Waals surface area contributed by atoms with Crippen LogP contribution in [0.3, 0.4) is 0 Å². The number of aryl methyl sites for hydroxylation is 1. The zero-order chi connectivity index (χ0) is 41.4. The van der Waals surface area contributed by atoms with Crippen molar-refractivity contribution in [2.24, 2.45) is 40.4 Å². The van der Waals surface area contributed by atoms with Gasteiger partial charge in [0.1, 0.15) is 17.3 Å². The molecule has 4 aliphatic carbocycles. The van der Waals surface area contributed by atoms with Crippen molar-refractivity contribution in [3.63, 3.8) is 0 Å². The van der Waals surface area contributed by atoms with Crippen molar-refractivity contribution in [1.82, 2.24) is 10.6 Å². The Morgan fingerprint density at radius 1 is 0.741 bits per heavy atom. The molecule has 4 fully saturated rings. The number of amides is 2. The van der Waals surface area contributed by atoms with Crippen LogP contribution in [-0.2, 0) is 20.8 Å². The van der Waals surface area contributed by atoms with Crippen molar-refractivity contribution in [2.45, 2.75) is 194 Å². The molecule has 0 spiro atoms. The van der Waals surface area contributed by atoms with Crippen LogP contribution < -0.4 is 20.1 Å². The van der Waals surface area contributed by atoms with E-state index in [1.807, 2.05) is 6.07 Å². The van der Waals surface area contributed by atoms with Crippen LogP contribution in [-0.4, -0.2) is 55.1 Å². The predicted molar refractivity (Wildman–Crippen MR) is 234 cm³/mol. The van der Waals surface area contributed by atoms with Gasteiger partial charge in [-0.15, -0.1) is 0 Å². The lowest BCUT2D eigenvalue weighted by atomic mass is 9.42. The van der Waals surface area contributed by atoms with Crippen molar-refractivity contribution in [3.8, 4) is 11.5 Å². The zero-order valence-corrected chi connectivity index (χ0v) is 37.2. The number of unbranched alkanes of at least 4 members (excludes halogenated alkanes) is 8. The summed E-state index contributed by atoms with van der Waals surface area (Å²) in [7, 11) is 0. The Balaban J connectivity index is 1.17. The summed E-state index contributed by atoms with van der Waals surface area (Å²) >= 11 is 0. The van der Waals surface area contributed by atoms with E-state index in [2.05, 4.69) is 50.5 Å². The van der Waals surface area contributed by atoms with Crippen LogP contribution in [0.15, 0.2) is 18.2 Å². The third-order valence-electron chi connectivity index (χ3n) is 15.3. The molecule has 8 heteroatoms. The second-order valence-electron chi connectivity index (χ2n) is 19.5. The molecule has 0 radical (unpaired) electrons. The van der Waals surface area contributed by atoms with E-state index in [1.165, 1.54) is 18.4 Å². The van der Waals surface area contributed by atoms with Gasteiger partial charge in [-0.05, 0) is 167 Å². The predicted octanol–water partition coefficient (Wildman–Crippen LogP) is 10.7. The monoisotopic (exact) mass is 807 g/mol. The summed E-state index contributed by atoms with van der Waals surface area (Å²) in [6, 6.07) is 6.42. The van der Waals surface area contributed by atoms with Crippen LogP contribution in [0.5, 0.6) is 11.5 Å². The fourth-order valence-corrected chi connectivity index (χ4v) is 12.1. The third-order valence-corrected chi connectivity index (χ3v) is 15.3. The molecule has 1 aromatic rings. The van der Waals surface area contributed by atoms with Crippen LogP contribution in [0, 0.1) is 40.4 Å². The lowest BCUT2D eigenvalue weighted by Crippen LogP contribution is -2.57. The van der Waals surface area contributed by atoms with Gasteiger partial charge in [0.25, 0.3) is 0 Å². The van der Waals surface area contributed by atoms with Gasteiger partial charge in [-0.1, -0.05) is 53.4 Å². The SMILES string of the molecule is CCCCCNC(=O)CCCCCOc1cc(CCCC2C[C@]3(C)C(O)CC[C@H]3[C@@H]3CCC4CC(=O)CC[C@]4(C)[C@H]23)cc(OCCCCCC(=O)NCCCCC)c1. The van der Waals surface area contributed by atoms with Gasteiger partial charge in [-0.3, -0.25) is 14.4 Å². The molecule has 3 unspecified atom stereocenters. The van der Waals surface area contributed by atoms with Crippen molar-refractivity contribution in [1.29, 1.82) is 0 Å². The third kappa shape index (κ3) is 12.9. The van der Waals surface area contributed by atoms with E-state index >= 15 is 0 Å². The molecule has 0 heterocycles. The van der Waals surface area contributed by atoms with E-state index in [1.54, 1.807) is 0 Å². The van der Waals surface area contributed by atoms with E-state index in [4.69, 9.17) is 9.47 Å². The van der Waals surface area contributed by atoms with Gasteiger partial charge in [0.15, 0.2) is 0 Å². The quantitative estimate of drug-likeness (QED) is 0.0804. The molecule has 2 amide bonds. The summed E-state index contributed by atoms with van der Waals surface area (Å²) in [6.07, 6.45) is 24.4. The van der Waals surface area contributed by atoms with Crippen LogP contribution in [0.1, 0.15) is 187 Å². The fraction of sp³-hybridized carbons (Fsp3) is 0.820. The number of carbonyl (C=O) groups is 3. The highest BCUT2D eigenvalue weighted by Crippen LogP contribution is 2.68. The molecule has 0 aliphatic heterocycles. The number of ketones is 1. The number of nitrogens with one attached hydrogen (secondary N) is 2. The van der Waals surface area contributed by atoms with Gasteiger partial charge < -0.3 is 25.2 Å². The number of fused-ring (bicyclic) bond motifs is 5. The number of Topliss-reactive ketones (excluding diaryl/α,β-unsaturated/α-hetero) is 1. The Labute approximate surface area is 352 Å².